The number of aliphatic hydroxyl groups excluding tert-OH is 1. The number of aromatic amines is 1. The van der Waals surface area contributed by atoms with Crippen molar-refractivity contribution in [1.29, 1.82) is 0 Å². The number of phosphoric acid groups is 1. The number of rotatable bonds is 4. The molecule has 0 saturated carbocycles. The summed E-state index contributed by atoms with van der Waals surface area (Å²) in [6, 6.07) is 7.00. The van der Waals surface area contributed by atoms with Crippen molar-refractivity contribution in [1.82, 2.24) is 9.55 Å². The van der Waals surface area contributed by atoms with E-state index >= 15 is 0 Å². The first-order chi connectivity index (χ1) is 13.7. The van der Waals surface area contributed by atoms with Crippen molar-refractivity contribution in [3.63, 3.8) is 0 Å². The average molecular weight is 444 g/mol. The Morgan fingerprint density at radius 2 is 1.83 bits per heavy atom. The van der Waals surface area contributed by atoms with E-state index < -0.39 is 57.3 Å². The number of ether oxygens (including phenoxy) is 1. The highest BCUT2D eigenvalue weighted by atomic mass is 31.2. The lowest BCUT2D eigenvalue weighted by Crippen LogP contribution is -2.37. The summed E-state index contributed by atoms with van der Waals surface area (Å²) < 4.78 is 41.3. The quantitative estimate of drug-likeness (QED) is 0.350. The molecular formula is C15H16N3O9P2+. The molecule has 0 aliphatic carbocycles. The Morgan fingerprint density at radius 3 is 2.48 bits per heavy atom. The van der Waals surface area contributed by atoms with Crippen molar-refractivity contribution in [2.75, 3.05) is 5.73 Å². The van der Waals surface area contributed by atoms with Crippen LogP contribution in [0.2, 0.25) is 0 Å². The summed E-state index contributed by atoms with van der Waals surface area (Å²) in [6.07, 6.45) is -4.09. The van der Waals surface area contributed by atoms with Crippen LogP contribution in [0.15, 0.2) is 46.1 Å². The first-order valence-corrected chi connectivity index (χ1v) is 11.2. The fourth-order valence-corrected chi connectivity index (χ4v) is 5.61. The Bertz CT molecular complexity index is 1120. The molecule has 3 heterocycles. The lowest BCUT2D eigenvalue weighted by molar-refractivity contribution is -0.0718. The van der Waals surface area contributed by atoms with Gasteiger partial charge in [0, 0.05) is 18.0 Å². The predicted octanol–water partition coefficient (Wildman–Crippen LogP) is -0.628. The molecule has 1 aromatic carbocycles. The van der Waals surface area contributed by atoms with Gasteiger partial charge in [-0.1, -0.05) is 4.57 Å². The summed E-state index contributed by atoms with van der Waals surface area (Å²) in [5, 5.41) is 10.9. The topological polar surface area (TPSA) is 183 Å². The molecule has 7 atom stereocenters. The highest BCUT2D eigenvalue weighted by Crippen LogP contribution is 2.59. The number of benzene rings is 1. The fourth-order valence-electron chi connectivity index (χ4n) is 3.23. The predicted molar refractivity (Wildman–Crippen MR) is 98.9 cm³/mol. The molecule has 0 bridgehead atoms. The zero-order chi connectivity index (χ0) is 20.9. The van der Waals surface area contributed by atoms with Gasteiger partial charge in [-0.3, -0.25) is 23.4 Å². The third kappa shape index (κ3) is 3.72. The second kappa shape index (κ2) is 7.26. The van der Waals surface area contributed by atoms with Gasteiger partial charge in [-0.15, -0.1) is 0 Å². The van der Waals surface area contributed by atoms with Crippen molar-refractivity contribution in [3.05, 3.63) is 57.4 Å². The van der Waals surface area contributed by atoms with Gasteiger partial charge in [0.05, 0.1) is 0 Å². The molecule has 0 amide bonds. The highest BCUT2D eigenvalue weighted by Gasteiger charge is 2.62. The molecule has 154 valence electrons. The molecule has 1 aromatic heterocycles. The van der Waals surface area contributed by atoms with E-state index in [1.807, 2.05) is 4.98 Å². The number of nitrogens with two attached hydrogens (primary N) is 1. The van der Waals surface area contributed by atoms with Crippen molar-refractivity contribution in [2.24, 2.45) is 0 Å². The third-order valence-corrected chi connectivity index (χ3v) is 7.14. The van der Waals surface area contributed by atoms with Gasteiger partial charge in [-0.05, 0) is 24.3 Å². The summed E-state index contributed by atoms with van der Waals surface area (Å²) in [4.78, 5) is 35.1. The summed E-state index contributed by atoms with van der Waals surface area (Å²) in [5.41, 5.74) is 4.53. The standard InChI is InChI=1S/C15H15N3O9P2/c16-7-1-3-8(4-2-7)28(22)14(20)12-10-11(27-29(23,24)26-10)13(25-12)18-6-5-9(19)17-15(18)21/h1-6,10-14,20H,(H3-,16,17,19,21,22,23,24)/p+1/t10-,11+,12-,13+,14?/m0/s1. The van der Waals surface area contributed by atoms with Gasteiger partial charge < -0.3 is 20.5 Å². The van der Waals surface area contributed by atoms with Gasteiger partial charge in [-0.2, -0.15) is 0 Å². The maximum atomic E-state index is 12.8. The van der Waals surface area contributed by atoms with Gasteiger partial charge in [0.15, 0.2) is 17.6 Å². The van der Waals surface area contributed by atoms with Crippen LogP contribution < -0.4 is 22.3 Å². The molecule has 12 nitrogen and oxygen atoms in total. The summed E-state index contributed by atoms with van der Waals surface area (Å²) in [6.45, 7) is 0. The number of aromatic nitrogens is 2. The number of anilines is 1. The lowest BCUT2D eigenvalue weighted by Gasteiger charge is -2.19. The number of nitrogens with one attached hydrogen (secondary N) is 1. The number of aliphatic hydroxyl groups is 1. The summed E-state index contributed by atoms with van der Waals surface area (Å²) >= 11 is 0. The van der Waals surface area contributed by atoms with Crippen molar-refractivity contribution in [3.8, 4) is 0 Å². The van der Waals surface area contributed by atoms with Crippen LogP contribution in [0.4, 0.5) is 5.69 Å². The maximum absolute atomic E-state index is 12.8. The Balaban J connectivity index is 1.67. The number of H-pyrrole nitrogens is 1. The van der Waals surface area contributed by atoms with E-state index in [1.54, 1.807) is 0 Å². The van der Waals surface area contributed by atoms with Crippen molar-refractivity contribution in [2.45, 2.75) is 30.4 Å². The molecule has 0 radical (unpaired) electrons. The molecule has 5 N–H and O–H groups in total. The van der Waals surface area contributed by atoms with E-state index in [4.69, 9.17) is 19.5 Å². The van der Waals surface area contributed by atoms with Crippen LogP contribution in [0, 0.1) is 0 Å². The van der Waals surface area contributed by atoms with E-state index in [2.05, 4.69) is 0 Å². The van der Waals surface area contributed by atoms with Crippen LogP contribution in [0.5, 0.6) is 0 Å². The van der Waals surface area contributed by atoms with Crippen LogP contribution in [0.3, 0.4) is 0 Å². The molecule has 2 fully saturated rings. The molecule has 14 heteroatoms. The molecule has 29 heavy (non-hydrogen) atoms. The van der Waals surface area contributed by atoms with Crippen molar-refractivity contribution < 1.29 is 32.9 Å². The highest BCUT2D eigenvalue weighted by molar-refractivity contribution is 7.54. The zero-order valence-corrected chi connectivity index (χ0v) is 16.3. The average Bonchev–Trinajstić information content (AvgIpc) is 3.14. The third-order valence-electron chi connectivity index (χ3n) is 4.54. The maximum Gasteiger partial charge on any atom is 0.473 e. The van der Waals surface area contributed by atoms with E-state index in [9.17, 15) is 28.7 Å². The minimum atomic E-state index is -4.48. The number of hydrogen-bond acceptors (Lipinski definition) is 9. The molecular weight excluding hydrogens is 428 g/mol. The number of fused-ring (bicyclic) bond motifs is 1. The van der Waals surface area contributed by atoms with E-state index in [-0.39, 0.29) is 5.30 Å². The lowest BCUT2D eigenvalue weighted by atomic mass is 10.1. The van der Waals surface area contributed by atoms with E-state index in [1.165, 1.54) is 24.3 Å². The second-order valence-corrected chi connectivity index (χ2v) is 9.50. The second-order valence-electron chi connectivity index (χ2n) is 6.45. The van der Waals surface area contributed by atoms with Crippen LogP contribution in [0.25, 0.3) is 0 Å². The van der Waals surface area contributed by atoms with Crippen LogP contribution in [-0.2, 0) is 22.9 Å². The molecule has 0 spiro atoms. The fraction of sp³-hybridized carbons (Fsp3) is 0.333. The monoisotopic (exact) mass is 444 g/mol. The summed E-state index contributed by atoms with van der Waals surface area (Å²) in [7, 11) is -6.92. The Labute approximate surface area is 163 Å². The largest absolute Gasteiger partial charge is 0.473 e. The molecule has 3 unspecified atom stereocenters. The molecule has 2 saturated heterocycles. The number of nitrogen functional groups attached to an aromatic ring is 1. The van der Waals surface area contributed by atoms with Crippen molar-refractivity contribution >= 4 is 26.6 Å². The zero-order valence-electron chi connectivity index (χ0n) is 14.5. The molecule has 2 aliphatic rings. The number of nitrogens with zero attached hydrogens (tertiary/aromatic N) is 1. The Morgan fingerprint density at radius 1 is 1.17 bits per heavy atom. The SMILES string of the molecule is Nc1ccc([P+](=O)C(O)[C@H]2O[C@@H](n3ccc(=O)[nH]c3=O)[C@@H]3OP(=O)(O)O[C@@H]32)cc1. The van der Waals surface area contributed by atoms with E-state index in [0.717, 1.165) is 16.8 Å². The summed E-state index contributed by atoms with van der Waals surface area (Å²) in [5.74, 6) is -1.65. The van der Waals surface area contributed by atoms with Gasteiger partial charge in [0.25, 0.3) is 11.4 Å². The van der Waals surface area contributed by atoms with Gasteiger partial charge in [0.1, 0.15) is 12.2 Å². The Hall–Kier alpha value is -2.17. The Kier molecular flexibility index (Phi) is 5.04. The molecule has 2 aliphatic heterocycles. The minimum absolute atomic E-state index is 0.276. The van der Waals surface area contributed by atoms with Gasteiger partial charge in [-0.25, -0.2) is 9.36 Å². The van der Waals surface area contributed by atoms with Crippen LogP contribution in [0.1, 0.15) is 6.23 Å². The normalized spacial score (nSPS) is 32.7. The van der Waals surface area contributed by atoms with Gasteiger partial charge in [0.2, 0.25) is 0 Å². The first kappa shape index (κ1) is 20.1. The van der Waals surface area contributed by atoms with Crippen LogP contribution in [-0.4, -0.2) is 43.7 Å². The number of phosphoric ester groups is 1. The smallest absolute Gasteiger partial charge is 0.399 e. The van der Waals surface area contributed by atoms with Crippen LogP contribution >= 0.6 is 15.6 Å². The first-order valence-electron chi connectivity index (χ1n) is 8.33. The van der Waals surface area contributed by atoms with Gasteiger partial charge >= 0.3 is 21.3 Å². The number of hydrogen-bond donors (Lipinski definition) is 4. The minimum Gasteiger partial charge on any atom is -0.399 e. The van der Waals surface area contributed by atoms with E-state index in [0.29, 0.717) is 5.69 Å². The molecule has 2 aromatic rings. The molecule has 4 rings (SSSR count).